The van der Waals surface area contributed by atoms with Crippen molar-refractivity contribution in [3.8, 4) is 0 Å². The van der Waals surface area contributed by atoms with Crippen LogP contribution < -0.4 is 5.32 Å². The average Bonchev–Trinajstić information content (AvgIpc) is 2.65. The number of nitrogens with zero attached hydrogens (tertiary/aromatic N) is 1. The van der Waals surface area contributed by atoms with Crippen LogP contribution in [-0.4, -0.2) is 56.0 Å². The van der Waals surface area contributed by atoms with E-state index in [1.807, 2.05) is 6.92 Å². The van der Waals surface area contributed by atoms with Crippen LogP contribution in [-0.2, 0) is 9.47 Å². The second kappa shape index (κ2) is 5.53. The largest absolute Gasteiger partial charge is 0.450 e. The Morgan fingerprint density at radius 1 is 1.60 bits per heavy atom. The Hall–Kier alpha value is -0.520. The summed E-state index contributed by atoms with van der Waals surface area (Å²) in [4.78, 5) is 13.3. The number of carbonyl (C=O) groups is 1. The van der Waals surface area contributed by atoms with E-state index in [0.717, 1.165) is 13.1 Å². The van der Waals surface area contributed by atoms with Gasteiger partial charge in [0.05, 0.1) is 25.4 Å². The van der Waals surface area contributed by atoms with Crippen LogP contribution in [0, 0.1) is 0 Å². The van der Waals surface area contributed by atoms with E-state index in [1.54, 1.807) is 4.90 Å². The van der Waals surface area contributed by atoms with Crippen LogP contribution in [0.1, 0.15) is 6.92 Å². The number of morpholine rings is 1. The van der Waals surface area contributed by atoms with Crippen LogP contribution in [0.25, 0.3) is 0 Å². The first-order chi connectivity index (χ1) is 6.83. The standard InChI is InChI=1S/C9H16N2O3.ClH/c1-2-13-9(12)11-3-4-14-8-6-10-5-7(8)11;/h7-8,10H,2-6H2,1H3;1H. The normalized spacial score (nSPS) is 29.3. The van der Waals surface area contributed by atoms with Gasteiger partial charge in [0, 0.05) is 19.6 Å². The van der Waals surface area contributed by atoms with Crippen molar-refractivity contribution in [3.63, 3.8) is 0 Å². The van der Waals surface area contributed by atoms with Crippen molar-refractivity contribution in [3.05, 3.63) is 0 Å². The molecule has 2 unspecified atom stereocenters. The van der Waals surface area contributed by atoms with Crippen LogP contribution in [0.5, 0.6) is 0 Å². The maximum absolute atomic E-state index is 11.6. The van der Waals surface area contributed by atoms with E-state index in [2.05, 4.69) is 5.32 Å². The van der Waals surface area contributed by atoms with Crippen molar-refractivity contribution in [2.45, 2.75) is 19.1 Å². The quantitative estimate of drug-likeness (QED) is 0.709. The van der Waals surface area contributed by atoms with E-state index in [9.17, 15) is 4.79 Å². The van der Waals surface area contributed by atoms with Crippen molar-refractivity contribution in [1.29, 1.82) is 0 Å². The summed E-state index contributed by atoms with van der Waals surface area (Å²) in [5, 5.41) is 3.22. The lowest BCUT2D eigenvalue weighted by Gasteiger charge is -2.35. The number of halogens is 1. The number of nitrogens with one attached hydrogen (secondary N) is 1. The van der Waals surface area contributed by atoms with Gasteiger partial charge in [-0.3, -0.25) is 4.90 Å². The van der Waals surface area contributed by atoms with E-state index < -0.39 is 0 Å². The molecular formula is C9H17ClN2O3. The minimum atomic E-state index is -0.213. The van der Waals surface area contributed by atoms with E-state index >= 15 is 0 Å². The maximum atomic E-state index is 11.6. The minimum Gasteiger partial charge on any atom is -0.450 e. The van der Waals surface area contributed by atoms with Crippen molar-refractivity contribution >= 4 is 18.5 Å². The van der Waals surface area contributed by atoms with Gasteiger partial charge < -0.3 is 14.8 Å². The van der Waals surface area contributed by atoms with Crippen molar-refractivity contribution in [1.82, 2.24) is 10.2 Å². The third kappa shape index (κ3) is 2.53. The van der Waals surface area contributed by atoms with Crippen LogP contribution >= 0.6 is 12.4 Å². The summed E-state index contributed by atoms with van der Waals surface area (Å²) in [7, 11) is 0. The smallest absolute Gasteiger partial charge is 0.410 e. The van der Waals surface area contributed by atoms with Gasteiger partial charge >= 0.3 is 6.09 Å². The number of hydrogen-bond donors (Lipinski definition) is 1. The molecule has 0 saturated carbocycles. The van der Waals surface area contributed by atoms with Crippen LogP contribution in [0.4, 0.5) is 4.79 Å². The summed E-state index contributed by atoms with van der Waals surface area (Å²) < 4.78 is 10.5. The highest BCUT2D eigenvalue weighted by atomic mass is 35.5. The fourth-order valence-electron chi connectivity index (χ4n) is 2.02. The molecule has 2 atom stereocenters. The first kappa shape index (κ1) is 12.5. The van der Waals surface area contributed by atoms with Gasteiger partial charge in [-0.2, -0.15) is 0 Å². The van der Waals surface area contributed by atoms with Crippen LogP contribution in [0.2, 0.25) is 0 Å². The van der Waals surface area contributed by atoms with Gasteiger partial charge in [0.2, 0.25) is 0 Å². The van der Waals surface area contributed by atoms with E-state index in [-0.39, 0.29) is 30.6 Å². The number of fused-ring (bicyclic) bond motifs is 1. The molecule has 0 bridgehead atoms. The predicted octanol–water partition coefficient (Wildman–Crippen LogP) is 0.237. The summed E-state index contributed by atoms with van der Waals surface area (Å²) in [5.74, 6) is 0. The second-order valence-corrected chi connectivity index (χ2v) is 3.53. The van der Waals surface area contributed by atoms with Crippen LogP contribution in [0.15, 0.2) is 0 Å². The molecule has 1 amide bonds. The fraction of sp³-hybridized carbons (Fsp3) is 0.889. The summed E-state index contributed by atoms with van der Waals surface area (Å²) in [6, 6.07) is 0.155. The van der Waals surface area contributed by atoms with Crippen molar-refractivity contribution in [2.24, 2.45) is 0 Å². The first-order valence-corrected chi connectivity index (χ1v) is 5.08. The third-order valence-corrected chi connectivity index (χ3v) is 2.69. The van der Waals surface area contributed by atoms with Gasteiger partial charge in [-0.1, -0.05) is 0 Å². The molecule has 0 radical (unpaired) electrons. The predicted molar refractivity (Wildman–Crippen MR) is 57.4 cm³/mol. The molecule has 0 aliphatic carbocycles. The van der Waals surface area contributed by atoms with Gasteiger partial charge in [-0.05, 0) is 6.92 Å². The molecule has 5 nitrogen and oxygen atoms in total. The number of rotatable bonds is 1. The fourth-order valence-corrected chi connectivity index (χ4v) is 2.02. The molecule has 0 aromatic carbocycles. The number of hydrogen-bond acceptors (Lipinski definition) is 4. The summed E-state index contributed by atoms with van der Waals surface area (Å²) in [6.07, 6.45) is -0.0670. The Labute approximate surface area is 95.5 Å². The van der Waals surface area contributed by atoms with E-state index in [0.29, 0.717) is 19.8 Å². The first-order valence-electron chi connectivity index (χ1n) is 5.08. The molecule has 2 saturated heterocycles. The molecule has 2 aliphatic rings. The van der Waals surface area contributed by atoms with Gasteiger partial charge in [0.15, 0.2) is 0 Å². The van der Waals surface area contributed by atoms with Crippen LogP contribution in [0.3, 0.4) is 0 Å². The van der Waals surface area contributed by atoms with Crippen molar-refractivity contribution in [2.75, 3.05) is 32.8 Å². The maximum Gasteiger partial charge on any atom is 0.410 e. The zero-order valence-electron chi connectivity index (χ0n) is 8.77. The van der Waals surface area contributed by atoms with E-state index in [4.69, 9.17) is 9.47 Å². The van der Waals surface area contributed by atoms with Gasteiger partial charge in [0.25, 0.3) is 0 Å². The Bertz CT molecular complexity index is 227. The molecule has 1 N–H and O–H groups in total. The highest BCUT2D eigenvalue weighted by Gasteiger charge is 2.38. The SMILES string of the molecule is CCOC(=O)N1CCOC2CNCC21.Cl. The number of carbonyl (C=O) groups excluding carboxylic acids is 1. The zero-order chi connectivity index (χ0) is 9.97. The lowest BCUT2D eigenvalue weighted by Crippen LogP contribution is -2.53. The molecule has 88 valence electrons. The summed E-state index contributed by atoms with van der Waals surface area (Å²) in [6.45, 7) is 5.15. The summed E-state index contributed by atoms with van der Waals surface area (Å²) >= 11 is 0. The average molecular weight is 237 g/mol. The molecule has 2 rings (SSSR count). The molecule has 2 aliphatic heterocycles. The molecule has 0 aromatic heterocycles. The Balaban J connectivity index is 0.00000112. The highest BCUT2D eigenvalue weighted by molar-refractivity contribution is 5.85. The Morgan fingerprint density at radius 3 is 3.13 bits per heavy atom. The molecule has 0 aromatic rings. The lowest BCUT2D eigenvalue weighted by atomic mass is 10.1. The molecule has 15 heavy (non-hydrogen) atoms. The molecule has 6 heteroatoms. The highest BCUT2D eigenvalue weighted by Crippen LogP contribution is 2.18. The van der Waals surface area contributed by atoms with Gasteiger partial charge in [-0.15, -0.1) is 12.4 Å². The molecule has 0 spiro atoms. The lowest BCUT2D eigenvalue weighted by molar-refractivity contribution is -0.0425. The topological polar surface area (TPSA) is 50.8 Å². The second-order valence-electron chi connectivity index (χ2n) is 3.53. The monoisotopic (exact) mass is 236 g/mol. The third-order valence-electron chi connectivity index (χ3n) is 2.69. The van der Waals surface area contributed by atoms with E-state index in [1.165, 1.54) is 0 Å². The minimum absolute atomic E-state index is 0. The van der Waals surface area contributed by atoms with Gasteiger partial charge in [0.1, 0.15) is 0 Å². The zero-order valence-corrected chi connectivity index (χ0v) is 9.59. The van der Waals surface area contributed by atoms with Gasteiger partial charge in [-0.25, -0.2) is 4.79 Å². The molecular weight excluding hydrogens is 220 g/mol. The number of amides is 1. The number of ether oxygens (including phenoxy) is 2. The van der Waals surface area contributed by atoms with Crippen molar-refractivity contribution < 1.29 is 14.3 Å². The Morgan fingerprint density at radius 2 is 2.40 bits per heavy atom. The molecule has 2 fully saturated rings. The Kier molecular flexibility index (Phi) is 4.63. The summed E-state index contributed by atoms with van der Waals surface area (Å²) in [5.41, 5.74) is 0. The molecule has 2 heterocycles.